The molecule has 0 aliphatic carbocycles. The lowest BCUT2D eigenvalue weighted by molar-refractivity contribution is 0.0195. The fraction of sp³-hybridized carbons (Fsp3) is 0.867. The Kier molecular flexibility index (Phi) is 12.8. The smallest absolute Gasteiger partial charge is 0.0897 e. The standard InChI is InChI=1S/C15H31NO2/c1-4-7-9-14(6-3)12-18-13-15(17)11-16-10-8-5-2/h5,14-17H,2,4,6-13H2,1,3H3. The summed E-state index contributed by atoms with van der Waals surface area (Å²) >= 11 is 0. The van der Waals surface area contributed by atoms with Crippen molar-refractivity contribution in [3.8, 4) is 0 Å². The van der Waals surface area contributed by atoms with E-state index in [0.29, 0.717) is 19.1 Å². The van der Waals surface area contributed by atoms with Gasteiger partial charge in [-0.1, -0.05) is 39.2 Å². The van der Waals surface area contributed by atoms with Crippen molar-refractivity contribution in [3.05, 3.63) is 12.7 Å². The van der Waals surface area contributed by atoms with Crippen LogP contribution in [0, 0.1) is 5.92 Å². The zero-order valence-corrected chi connectivity index (χ0v) is 12.2. The molecule has 0 fully saturated rings. The van der Waals surface area contributed by atoms with E-state index in [2.05, 4.69) is 25.7 Å². The molecule has 0 radical (unpaired) electrons. The van der Waals surface area contributed by atoms with Gasteiger partial charge in [-0.05, 0) is 25.3 Å². The molecule has 0 saturated carbocycles. The molecule has 18 heavy (non-hydrogen) atoms. The summed E-state index contributed by atoms with van der Waals surface area (Å²) in [6, 6.07) is 0. The number of aliphatic hydroxyl groups excluding tert-OH is 1. The van der Waals surface area contributed by atoms with E-state index in [-0.39, 0.29) is 0 Å². The van der Waals surface area contributed by atoms with Gasteiger partial charge in [-0.3, -0.25) is 0 Å². The van der Waals surface area contributed by atoms with Crippen LogP contribution in [0.4, 0.5) is 0 Å². The minimum absolute atomic E-state index is 0.404. The predicted molar refractivity (Wildman–Crippen MR) is 77.8 cm³/mol. The van der Waals surface area contributed by atoms with Crippen molar-refractivity contribution < 1.29 is 9.84 Å². The number of rotatable bonds is 13. The van der Waals surface area contributed by atoms with Crippen molar-refractivity contribution >= 4 is 0 Å². The number of aliphatic hydroxyl groups is 1. The highest BCUT2D eigenvalue weighted by Gasteiger charge is 2.08. The third-order valence-corrected chi connectivity index (χ3v) is 3.11. The van der Waals surface area contributed by atoms with Crippen LogP contribution in [0.15, 0.2) is 12.7 Å². The molecule has 2 atom stereocenters. The van der Waals surface area contributed by atoms with Crippen LogP contribution in [0.25, 0.3) is 0 Å². The van der Waals surface area contributed by atoms with Crippen LogP contribution in [-0.4, -0.2) is 37.5 Å². The highest BCUT2D eigenvalue weighted by atomic mass is 16.5. The Morgan fingerprint density at radius 1 is 1.33 bits per heavy atom. The maximum Gasteiger partial charge on any atom is 0.0897 e. The van der Waals surface area contributed by atoms with Gasteiger partial charge in [-0.25, -0.2) is 0 Å². The van der Waals surface area contributed by atoms with Crippen molar-refractivity contribution in [2.45, 2.75) is 52.1 Å². The molecule has 0 spiro atoms. The van der Waals surface area contributed by atoms with Gasteiger partial charge in [0.25, 0.3) is 0 Å². The summed E-state index contributed by atoms with van der Waals surface area (Å²) in [6.07, 6.45) is 7.31. The second kappa shape index (κ2) is 13.1. The van der Waals surface area contributed by atoms with Crippen LogP contribution in [0.5, 0.6) is 0 Å². The van der Waals surface area contributed by atoms with Gasteiger partial charge in [0.15, 0.2) is 0 Å². The molecule has 0 aliphatic heterocycles. The first-order chi connectivity index (χ1) is 8.74. The summed E-state index contributed by atoms with van der Waals surface area (Å²) in [6.45, 7) is 10.8. The van der Waals surface area contributed by atoms with Crippen LogP contribution in [-0.2, 0) is 4.74 Å². The van der Waals surface area contributed by atoms with Crippen molar-refractivity contribution in [1.29, 1.82) is 0 Å². The highest BCUT2D eigenvalue weighted by molar-refractivity contribution is 4.68. The first-order valence-corrected chi connectivity index (χ1v) is 7.31. The Bertz CT molecular complexity index is 185. The monoisotopic (exact) mass is 257 g/mol. The minimum Gasteiger partial charge on any atom is -0.389 e. The second-order valence-corrected chi connectivity index (χ2v) is 4.89. The van der Waals surface area contributed by atoms with E-state index < -0.39 is 6.10 Å². The van der Waals surface area contributed by atoms with Gasteiger partial charge in [-0.15, -0.1) is 6.58 Å². The van der Waals surface area contributed by atoms with Gasteiger partial charge in [-0.2, -0.15) is 0 Å². The quantitative estimate of drug-likeness (QED) is 0.394. The van der Waals surface area contributed by atoms with Crippen LogP contribution < -0.4 is 5.32 Å². The second-order valence-electron chi connectivity index (χ2n) is 4.89. The third-order valence-electron chi connectivity index (χ3n) is 3.11. The number of unbranched alkanes of at least 4 members (excludes halogenated alkanes) is 1. The molecule has 0 bridgehead atoms. The van der Waals surface area contributed by atoms with E-state index >= 15 is 0 Å². The van der Waals surface area contributed by atoms with Crippen LogP contribution in [0.1, 0.15) is 46.0 Å². The Morgan fingerprint density at radius 3 is 2.72 bits per heavy atom. The molecular formula is C15H31NO2. The molecule has 3 nitrogen and oxygen atoms in total. The van der Waals surface area contributed by atoms with Gasteiger partial charge < -0.3 is 15.2 Å². The molecule has 108 valence electrons. The van der Waals surface area contributed by atoms with E-state index in [1.54, 1.807) is 0 Å². The van der Waals surface area contributed by atoms with Crippen molar-refractivity contribution in [2.24, 2.45) is 5.92 Å². The fourth-order valence-electron chi connectivity index (χ4n) is 1.80. The summed E-state index contributed by atoms with van der Waals surface area (Å²) < 4.78 is 5.59. The number of nitrogens with one attached hydrogen (secondary N) is 1. The summed E-state index contributed by atoms with van der Waals surface area (Å²) in [5.41, 5.74) is 0. The molecule has 0 rings (SSSR count). The summed E-state index contributed by atoms with van der Waals surface area (Å²) in [5, 5.41) is 12.9. The zero-order valence-electron chi connectivity index (χ0n) is 12.2. The lowest BCUT2D eigenvalue weighted by Gasteiger charge is -2.17. The summed E-state index contributed by atoms with van der Waals surface area (Å²) in [5.74, 6) is 0.644. The third kappa shape index (κ3) is 10.8. The minimum atomic E-state index is -0.404. The van der Waals surface area contributed by atoms with Crippen LogP contribution >= 0.6 is 0 Å². The lowest BCUT2D eigenvalue weighted by Crippen LogP contribution is -2.31. The molecule has 0 aromatic rings. The maximum atomic E-state index is 9.70. The van der Waals surface area contributed by atoms with Crippen LogP contribution in [0.2, 0.25) is 0 Å². The Hall–Kier alpha value is -0.380. The molecule has 0 amide bonds. The largest absolute Gasteiger partial charge is 0.389 e. The van der Waals surface area contributed by atoms with Gasteiger partial charge in [0.1, 0.15) is 0 Å². The van der Waals surface area contributed by atoms with E-state index in [1.165, 1.54) is 19.3 Å². The molecule has 0 aromatic heterocycles. The molecule has 2 unspecified atom stereocenters. The lowest BCUT2D eigenvalue weighted by atomic mass is 10.0. The Labute approximate surface area is 113 Å². The van der Waals surface area contributed by atoms with Crippen LogP contribution in [0.3, 0.4) is 0 Å². The molecule has 0 heterocycles. The fourth-order valence-corrected chi connectivity index (χ4v) is 1.80. The van der Waals surface area contributed by atoms with Crippen molar-refractivity contribution in [3.63, 3.8) is 0 Å². The SMILES string of the molecule is C=CCCNCC(O)COCC(CC)CCCC. The van der Waals surface area contributed by atoms with Gasteiger partial charge in [0.2, 0.25) is 0 Å². The van der Waals surface area contributed by atoms with Gasteiger partial charge in [0, 0.05) is 13.2 Å². The first-order valence-electron chi connectivity index (χ1n) is 7.31. The first kappa shape index (κ1) is 17.6. The van der Waals surface area contributed by atoms with Crippen molar-refractivity contribution in [1.82, 2.24) is 5.32 Å². The molecule has 0 aromatic carbocycles. The summed E-state index contributed by atoms with van der Waals surface area (Å²) in [4.78, 5) is 0. The highest BCUT2D eigenvalue weighted by Crippen LogP contribution is 2.12. The predicted octanol–water partition coefficient (Wildman–Crippen LogP) is 2.75. The topological polar surface area (TPSA) is 41.5 Å². The van der Waals surface area contributed by atoms with E-state index in [0.717, 1.165) is 26.0 Å². The van der Waals surface area contributed by atoms with Crippen molar-refractivity contribution in [2.75, 3.05) is 26.3 Å². The Morgan fingerprint density at radius 2 is 2.11 bits per heavy atom. The average molecular weight is 257 g/mol. The van der Waals surface area contributed by atoms with E-state index in [4.69, 9.17) is 4.74 Å². The Balaban J connectivity index is 3.46. The van der Waals surface area contributed by atoms with Gasteiger partial charge in [0.05, 0.1) is 12.7 Å². The molecular weight excluding hydrogens is 226 g/mol. The maximum absolute atomic E-state index is 9.70. The number of hydrogen-bond acceptors (Lipinski definition) is 3. The number of ether oxygens (including phenoxy) is 1. The molecule has 2 N–H and O–H groups in total. The molecule has 3 heteroatoms. The van der Waals surface area contributed by atoms with E-state index in [1.807, 2.05) is 6.08 Å². The molecule has 0 aliphatic rings. The summed E-state index contributed by atoms with van der Waals surface area (Å²) in [7, 11) is 0. The number of hydrogen-bond donors (Lipinski definition) is 2. The molecule has 0 saturated heterocycles. The van der Waals surface area contributed by atoms with Gasteiger partial charge >= 0.3 is 0 Å². The zero-order chi connectivity index (χ0) is 13.6. The van der Waals surface area contributed by atoms with E-state index in [9.17, 15) is 5.11 Å². The normalized spacial score (nSPS) is 14.4. The average Bonchev–Trinajstić information content (AvgIpc) is 2.38.